The average molecular weight is 414 g/mol. The standard InChI is InChI=1S/C23H22N6O2/c1-14-12-17(22-24-13-18-21(27-22)15(2)11-16(3)26-18)5-6-19(14)28(4)23(31)20-7-8-25-29(20)9-10-30/h5-8,10-13H,9H2,1-4H3. The van der Waals surface area contributed by atoms with Crippen LogP contribution in [-0.2, 0) is 11.3 Å². The van der Waals surface area contributed by atoms with Gasteiger partial charge in [-0.15, -0.1) is 0 Å². The number of anilines is 1. The lowest BCUT2D eigenvalue weighted by atomic mass is 10.1. The molecule has 1 aromatic carbocycles. The van der Waals surface area contributed by atoms with Crippen LogP contribution in [0, 0.1) is 20.8 Å². The van der Waals surface area contributed by atoms with E-state index in [1.54, 1.807) is 24.2 Å². The number of benzene rings is 1. The molecule has 0 aliphatic rings. The zero-order valence-electron chi connectivity index (χ0n) is 17.8. The molecular formula is C23H22N6O2. The Balaban J connectivity index is 1.66. The van der Waals surface area contributed by atoms with E-state index in [-0.39, 0.29) is 12.5 Å². The maximum atomic E-state index is 12.9. The maximum absolute atomic E-state index is 12.9. The van der Waals surface area contributed by atoms with Crippen LogP contribution in [0.15, 0.2) is 42.7 Å². The highest BCUT2D eigenvalue weighted by atomic mass is 16.2. The van der Waals surface area contributed by atoms with Crippen molar-refractivity contribution in [3.8, 4) is 11.4 Å². The highest BCUT2D eigenvalue weighted by Gasteiger charge is 2.19. The van der Waals surface area contributed by atoms with Gasteiger partial charge in [-0.3, -0.25) is 9.48 Å². The van der Waals surface area contributed by atoms with Gasteiger partial charge in [-0.1, -0.05) is 0 Å². The molecule has 156 valence electrons. The Morgan fingerprint density at radius 2 is 1.90 bits per heavy atom. The highest BCUT2D eigenvalue weighted by Crippen LogP contribution is 2.27. The molecule has 4 aromatic rings. The number of amides is 1. The molecule has 0 radical (unpaired) electrons. The van der Waals surface area contributed by atoms with E-state index in [9.17, 15) is 9.59 Å². The number of hydrogen-bond acceptors (Lipinski definition) is 6. The number of aryl methyl sites for hydroxylation is 3. The molecule has 8 nitrogen and oxygen atoms in total. The van der Waals surface area contributed by atoms with Crippen LogP contribution in [0.1, 0.15) is 27.3 Å². The van der Waals surface area contributed by atoms with Gasteiger partial charge in [0, 0.05) is 30.2 Å². The van der Waals surface area contributed by atoms with E-state index in [1.165, 1.54) is 10.9 Å². The van der Waals surface area contributed by atoms with E-state index in [2.05, 4.69) is 15.1 Å². The molecule has 0 aliphatic heterocycles. The Labute approximate surface area is 179 Å². The first kappa shape index (κ1) is 20.3. The van der Waals surface area contributed by atoms with Crippen molar-refractivity contribution >= 4 is 28.9 Å². The molecule has 0 unspecified atom stereocenters. The number of aromatic nitrogens is 5. The molecule has 0 fully saturated rings. The Kier molecular flexibility index (Phi) is 5.29. The molecule has 0 bridgehead atoms. The summed E-state index contributed by atoms with van der Waals surface area (Å²) in [7, 11) is 1.70. The number of carbonyl (C=O) groups excluding carboxylic acids is 2. The van der Waals surface area contributed by atoms with E-state index in [4.69, 9.17) is 4.98 Å². The second kappa shape index (κ2) is 8.06. The number of nitrogens with zero attached hydrogens (tertiary/aromatic N) is 6. The monoisotopic (exact) mass is 414 g/mol. The molecular weight excluding hydrogens is 392 g/mol. The van der Waals surface area contributed by atoms with Crippen molar-refractivity contribution in [2.45, 2.75) is 27.3 Å². The third-order valence-corrected chi connectivity index (χ3v) is 5.17. The molecule has 3 heterocycles. The molecule has 0 spiro atoms. The van der Waals surface area contributed by atoms with Gasteiger partial charge in [0.05, 0.1) is 18.3 Å². The van der Waals surface area contributed by atoms with Crippen LogP contribution in [0.5, 0.6) is 0 Å². The summed E-state index contributed by atoms with van der Waals surface area (Å²) in [6, 6.07) is 9.33. The quantitative estimate of drug-likeness (QED) is 0.465. The Morgan fingerprint density at radius 3 is 2.65 bits per heavy atom. The van der Waals surface area contributed by atoms with Crippen molar-refractivity contribution in [1.82, 2.24) is 24.7 Å². The van der Waals surface area contributed by atoms with E-state index in [0.29, 0.717) is 17.8 Å². The van der Waals surface area contributed by atoms with Gasteiger partial charge in [-0.25, -0.2) is 15.0 Å². The van der Waals surface area contributed by atoms with Crippen LogP contribution in [-0.4, -0.2) is 44.0 Å². The second-order valence-corrected chi connectivity index (χ2v) is 7.44. The molecule has 1 amide bonds. The van der Waals surface area contributed by atoms with Crippen molar-refractivity contribution in [3.63, 3.8) is 0 Å². The molecule has 0 N–H and O–H groups in total. The summed E-state index contributed by atoms with van der Waals surface area (Å²) in [6.07, 6.45) is 3.96. The number of pyridine rings is 1. The van der Waals surface area contributed by atoms with Crippen molar-refractivity contribution in [1.29, 1.82) is 0 Å². The van der Waals surface area contributed by atoms with Gasteiger partial charge in [0.15, 0.2) is 5.82 Å². The first-order valence-electron chi connectivity index (χ1n) is 9.84. The first-order chi connectivity index (χ1) is 14.9. The maximum Gasteiger partial charge on any atom is 0.276 e. The lowest BCUT2D eigenvalue weighted by Crippen LogP contribution is -2.29. The number of aldehydes is 1. The van der Waals surface area contributed by atoms with Crippen molar-refractivity contribution < 1.29 is 9.59 Å². The zero-order valence-corrected chi connectivity index (χ0v) is 17.8. The van der Waals surface area contributed by atoms with Crippen LogP contribution >= 0.6 is 0 Å². The minimum atomic E-state index is -0.241. The molecule has 0 aliphatic carbocycles. The zero-order chi connectivity index (χ0) is 22.1. The van der Waals surface area contributed by atoms with Gasteiger partial charge >= 0.3 is 0 Å². The lowest BCUT2D eigenvalue weighted by Gasteiger charge is -2.20. The summed E-state index contributed by atoms with van der Waals surface area (Å²) in [5, 5.41) is 4.03. The molecule has 3 aromatic heterocycles. The van der Waals surface area contributed by atoms with E-state index in [1.807, 2.05) is 45.0 Å². The highest BCUT2D eigenvalue weighted by molar-refractivity contribution is 6.05. The minimum Gasteiger partial charge on any atom is -0.310 e. The van der Waals surface area contributed by atoms with Gasteiger partial charge in [-0.05, 0) is 62.2 Å². The third kappa shape index (κ3) is 3.79. The predicted molar refractivity (Wildman–Crippen MR) is 118 cm³/mol. The van der Waals surface area contributed by atoms with E-state index >= 15 is 0 Å². The van der Waals surface area contributed by atoms with Crippen molar-refractivity contribution in [3.05, 3.63) is 65.2 Å². The minimum absolute atomic E-state index is 0.0347. The van der Waals surface area contributed by atoms with E-state index < -0.39 is 0 Å². The van der Waals surface area contributed by atoms with Crippen LogP contribution in [0.4, 0.5) is 5.69 Å². The fraction of sp³-hybridized carbons (Fsp3) is 0.217. The van der Waals surface area contributed by atoms with Crippen molar-refractivity contribution in [2.24, 2.45) is 0 Å². The lowest BCUT2D eigenvalue weighted by molar-refractivity contribution is -0.108. The summed E-state index contributed by atoms with van der Waals surface area (Å²) >= 11 is 0. The van der Waals surface area contributed by atoms with Gasteiger partial charge in [0.1, 0.15) is 17.5 Å². The van der Waals surface area contributed by atoms with Gasteiger partial charge in [0.25, 0.3) is 5.91 Å². The summed E-state index contributed by atoms with van der Waals surface area (Å²) < 4.78 is 1.39. The van der Waals surface area contributed by atoms with E-state index in [0.717, 1.165) is 39.1 Å². The van der Waals surface area contributed by atoms with Crippen LogP contribution in [0.25, 0.3) is 22.4 Å². The summed E-state index contributed by atoms with van der Waals surface area (Å²) in [6.45, 7) is 5.93. The number of fused-ring (bicyclic) bond motifs is 1. The van der Waals surface area contributed by atoms with Gasteiger partial charge < -0.3 is 9.69 Å². The predicted octanol–water partition coefficient (Wildman–Crippen LogP) is 3.29. The topological polar surface area (TPSA) is 93.9 Å². The normalized spacial score (nSPS) is 11.0. The van der Waals surface area contributed by atoms with Crippen LogP contribution in [0.3, 0.4) is 0 Å². The Morgan fingerprint density at radius 1 is 1.10 bits per heavy atom. The summed E-state index contributed by atoms with van der Waals surface area (Å²) in [4.78, 5) is 39.0. The fourth-order valence-corrected chi connectivity index (χ4v) is 3.67. The molecule has 31 heavy (non-hydrogen) atoms. The van der Waals surface area contributed by atoms with Crippen LogP contribution < -0.4 is 4.90 Å². The Bertz CT molecular complexity index is 1310. The number of rotatable bonds is 5. The second-order valence-electron chi connectivity index (χ2n) is 7.44. The molecule has 0 atom stereocenters. The smallest absolute Gasteiger partial charge is 0.276 e. The number of hydrogen-bond donors (Lipinski definition) is 0. The fourth-order valence-electron chi connectivity index (χ4n) is 3.67. The molecule has 0 saturated carbocycles. The average Bonchev–Trinajstić information content (AvgIpc) is 3.21. The molecule has 8 heteroatoms. The molecule has 0 saturated heterocycles. The third-order valence-electron chi connectivity index (χ3n) is 5.17. The number of carbonyl (C=O) groups is 2. The van der Waals surface area contributed by atoms with Crippen LogP contribution in [0.2, 0.25) is 0 Å². The Hall–Kier alpha value is -3.94. The summed E-state index contributed by atoms with van der Waals surface area (Å²) in [5.74, 6) is 0.364. The van der Waals surface area contributed by atoms with Crippen molar-refractivity contribution in [2.75, 3.05) is 11.9 Å². The molecule has 4 rings (SSSR count). The largest absolute Gasteiger partial charge is 0.310 e. The summed E-state index contributed by atoms with van der Waals surface area (Å²) in [5.41, 5.74) is 6.45. The first-order valence-corrected chi connectivity index (χ1v) is 9.84. The van der Waals surface area contributed by atoms with Gasteiger partial charge in [-0.2, -0.15) is 5.10 Å². The SMILES string of the molecule is Cc1cc(C)c2nc(-c3ccc(N(C)C(=O)c4ccnn4CC=O)c(C)c3)ncc2n1. The van der Waals surface area contributed by atoms with Gasteiger partial charge in [0.2, 0.25) is 0 Å².